The molecule has 1 aliphatic carbocycles. The van der Waals surface area contributed by atoms with Gasteiger partial charge in [0.05, 0.1) is 12.5 Å². The van der Waals surface area contributed by atoms with Gasteiger partial charge in [-0.25, -0.2) is 0 Å². The summed E-state index contributed by atoms with van der Waals surface area (Å²) in [5, 5.41) is 18.8. The zero-order valence-corrected chi connectivity index (χ0v) is 13.4. The number of phenols is 1. The maximum atomic E-state index is 12.3. The van der Waals surface area contributed by atoms with Crippen molar-refractivity contribution in [1.82, 2.24) is 0 Å². The third-order valence-corrected chi connectivity index (χ3v) is 4.65. The number of benzene rings is 1. The van der Waals surface area contributed by atoms with Crippen LogP contribution in [0.2, 0.25) is 0 Å². The Labute approximate surface area is 135 Å². The Morgan fingerprint density at radius 1 is 1.30 bits per heavy atom. The highest BCUT2D eigenvalue weighted by Crippen LogP contribution is 2.39. The van der Waals surface area contributed by atoms with Crippen LogP contribution < -0.4 is 4.74 Å². The second kappa shape index (κ2) is 6.86. The van der Waals surface area contributed by atoms with Crippen LogP contribution in [0.4, 0.5) is 0 Å². The molecule has 1 aliphatic rings. The molecule has 0 aliphatic heterocycles. The number of rotatable bonds is 5. The Kier molecular flexibility index (Phi) is 5.08. The summed E-state index contributed by atoms with van der Waals surface area (Å²) >= 11 is 0. The maximum Gasteiger partial charge on any atom is 0.309 e. The van der Waals surface area contributed by atoms with Crippen LogP contribution in [0.3, 0.4) is 0 Å². The molecular formula is C18H22O5. The lowest BCUT2D eigenvalue weighted by atomic mass is 9.71. The standard InChI is InChI=1S/C18H22O5/c1-18(17(21)22)9-7-13(8-10-18)14(19)5-3-12-4-6-15(20)16(11-12)23-2/h3-6,11,13,20H,7-10H2,1-2H3,(H,21,22)/b5-3+. The van der Waals surface area contributed by atoms with Gasteiger partial charge in [0.1, 0.15) is 0 Å². The maximum absolute atomic E-state index is 12.3. The van der Waals surface area contributed by atoms with Gasteiger partial charge in [0.2, 0.25) is 0 Å². The van der Waals surface area contributed by atoms with Gasteiger partial charge in [-0.15, -0.1) is 0 Å². The van der Waals surface area contributed by atoms with E-state index in [-0.39, 0.29) is 17.5 Å². The van der Waals surface area contributed by atoms with Gasteiger partial charge >= 0.3 is 5.97 Å². The summed E-state index contributed by atoms with van der Waals surface area (Å²) < 4.78 is 5.03. The molecule has 2 N–H and O–H groups in total. The van der Waals surface area contributed by atoms with Gasteiger partial charge < -0.3 is 14.9 Å². The van der Waals surface area contributed by atoms with Crippen molar-refractivity contribution < 1.29 is 24.5 Å². The van der Waals surface area contributed by atoms with Gasteiger partial charge in [0.25, 0.3) is 0 Å². The highest BCUT2D eigenvalue weighted by atomic mass is 16.5. The van der Waals surface area contributed by atoms with Gasteiger partial charge in [-0.1, -0.05) is 12.1 Å². The largest absolute Gasteiger partial charge is 0.504 e. The molecule has 2 rings (SSSR count). The van der Waals surface area contributed by atoms with Crippen molar-refractivity contribution in [3.8, 4) is 11.5 Å². The predicted molar refractivity (Wildman–Crippen MR) is 86.4 cm³/mol. The van der Waals surface area contributed by atoms with E-state index in [0.29, 0.717) is 31.4 Å². The number of carboxylic acid groups (broad SMARTS) is 1. The minimum absolute atomic E-state index is 0.0180. The average molecular weight is 318 g/mol. The average Bonchev–Trinajstić information content (AvgIpc) is 2.54. The van der Waals surface area contributed by atoms with Crippen molar-refractivity contribution in [1.29, 1.82) is 0 Å². The third kappa shape index (κ3) is 3.92. The fourth-order valence-electron chi connectivity index (χ4n) is 2.87. The summed E-state index contributed by atoms with van der Waals surface area (Å²) in [6, 6.07) is 4.87. The van der Waals surface area contributed by atoms with Crippen LogP contribution in [-0.2, 0) is 9.59 Å². The first-order valence-electron chi connectivity index (χ1n) is 7.68. The first-order valence-corrected chi connectivity index (χ1v) is 7.68. The number of hydrogen-bond acceptors (Lipinski definition) is 4. The lowest BCUT2D eigenvalue weighted by Crippen LogP contribution is -2.34. The van der Waals surface area contributed by atoms with Crippen LogP contribution in [0.15, 0.2) is 24.3 Å². The Hall–Kier alpha value is -2.30. The topological polar surface area (TPSA) is 83.8 Å². The molecule has 0 saturated heterocycles. The van der Waals surface area contributed by atoms with Crippen molar-refractivity contribution in [2.75, 3.05) is 7.11 Å². The number of phenolic OH excluding ortho intramolecular Hbond substituents is 1. The Balaban J connectivity index is 1.99. The highest BCUT2D eigenvalue weighted by Gasteiger charge is 2.38. The van der Waals surface area contributed by atoms with Crippen molar-refractivity contribution in [2.45, 2.75) is 32.6 Å². The molecule has 1 fully saturated rings. The van der Waals surface area contributed by atoms with Gasteiger partial charge in [-0.3, -0.25) is 9.59 Å². The zero-order valence-electron chi connectivity index (χ0n) is 13.4. The lowest BCUT2D eigenvalue weighted by Gasteiger charge is -2.32. The van der Waals surface area contributed by atoms with Crippen LogP contribution in [0, 0.1) is 11.3 Å². The van der Waals surface area contributed by atoms with Crippen LogP contribution in [0.1, 0.15) is 38.2 Å². The van der Waals surface area contributed by atoms with E-state index in [9.17, 15) is 19.8 Å². The summed E-state index contributed by atoms with van der Waals surface area (Å²) in [4.78, 5) is 23.5. The minimum atomic E-state index is -0.782. The van der Waals surface area contributed by atoms with Crippen LogP contribution in [0.25, 0.3) is 6.08 Å². The second-order valence-corrected chi connectivity index (χ2v) is 6.31. The molecule has 1 aromatic carbocycles. The molecule has 0 radical (unpaired) electrons. The molecular weight excluding hydrogens is 296 g/mol. The first kappa shape index (κ1) is 17.1. The molecule has 0 atom stereocenters. The Morgan fingerprint density at radius 2 is 1.96 bits per heavy atom. The summed E-state index contributed by atoms with van der Waals surface area (Å²) in [6.07, 6.45) is 5.48. The number of aromatic hydroxyl groups is 1. The van der Waals surface area contributed by atoms with Crippen LogP contribution >= 0.6 is 0 Å². The quantitative estimate of drug-likeness (QED) is 0.814. The first-order chi connectivity index (χ1) is 10.9. The lowest BCUT2D eigenvalue weighted by molar-refractivity contribution is -0.151. The van der Waals surface area contributed by atoms with Gasteiger partial charge in [0.15, 0.2) is 17.3 Å². The predicted octanol–water partition coefficient (Wildman–Crippen LogP) is 3.26. The molecule has 0 amide bonds. The van der Waals surface area contributed by atoms with Gasteiger partial charge in [0, 0.05) is 5.92 Å². The molecule has 0 unspecified atom stereocenters. The van der Waals surface area contributed by atoms with E-state index >= 15 is 0 Å². The summed E-state index contributed by atoms with van der Waals surface area (Å²) in [5.74, 6) is -0.469. The van der Waals surface area contributed by atoms with E-state index in [1.54, 1.807) is 25.1 Å². The monoisotopic (exact) mass is 318 g/mol. The van der Waals surface area contributed by atoms with Crippen molar-refractivity contribution >= 4 is 17.8 Å². The number of allylic oxidation sites excluding steroid dienone is 1. The minimum Gasteiger partial charge on any atom is -0.504 e. The summed E-state index contributed by atoms with van der Waals surface area (Å²) in [7, 11) is 1.47. The Morgan fingerprint density at radius 3 is 2.52 bits per heavy atom. The Bertz CT molecular complexity index is 624. The zero-order chi connectivity index (χ0) is 17.0. The van der Waals surface area contributed by atoms with E-state index in [1.165, 1.54) is 19.3 Å². The molecule has 0 bridgehead atoms. The van der Waals surface area contributed by atoms with Crippen molar-refractivity contribution in [3.05, 3.63) is 29.8 Å². The van der Waals surface area contributed by atoms with E-state index in [1.807, 2.05) is 0 Å². The fraction of sp³-hybridized carbons (Fsp3) is 0.444. The number of hydrogen-bond donors (Lipinski definition) is 2. The molecule has 0 spiro atoms. The highest BCUT2D eigenvalue weighted by molar-refractivity contribution is 5.95. The number of ketones is 1. The smallest absolute Gasteiger partial charge is 0.309 e. The van der Waals surface area contributed by atoms with Crippen molar-refractivity contribution in [2.24, 2.45) is 11.3 Å². The van der Waals surface area contributed by atoms with Gasteiger partial charge in [-0.2, -0.15) is 0 Å². The number of carbonyl (C=O) groups excluding carboxylic acids is 1. The summed E-state index contributed by atoms with van der Waals surface area (Å²) in [6.45, 7) is 1.74. The molecule has 0 heterocycles. The fourth-order valence-corrected chi connectivity index (χ4v) is 2.87. The van der Waals surface area contributed by atoms with Gasteiger partial charge in [-0.05, 0) is 56.4 Å². The number of carbonyl (C=O) groups is 2. The van der Waals surface area contributed by atoms with E-state index in [0.717, 1.165) is 5.56 Å². The van der Waals surface area contributed by atoms with Crippen LogP contribution in [-0.4, -0.2) is 29.1 Å². The molecule has 1 aromatic rings. The number of carboxylic acids is 1. The SMILES string of the molecule is COc1cc(/C=C/C(=O)C2CCC(C)(C(=O)O)CC2)ccc1O. The van der Waals surface area contributed by atoms with E-state index < -0.39 is 11.4 Å². The second-order valence-electron chi connectivity index (χ2n) is 6.31. The molecule has 1 saturated carbocycles. The molecule has 5 heteroatoms. The molecule has 124 valence electrons. The number of aliphatic carboxylic acids is 1. The molecule has 5 nitrogen and oxygen atoms in total. The third-order valence-electron chi connectivity index (χ3n) is 4.65. The summed E-state index contributed by atoms with van der Waals surface area (Å²) in [5.41, 5.74) is 0.0596. The molecule has 0 aromatic heterocycles. The van der Waals surface area contributed by atoms with Crippen LogP contribution in [0.5, 0.6) is 11.5 Å². The number of ether oxygens (including phenoxy) is 1. The van der Waals surface area contributed by atoms with Crippen molar-refractivity contribution in [3.63, 3.8) is 0 Å². The normalized spacial score (nSPS) is 24.5. The van der Waals surface area contributed by atoms with E-state index in [2.05, 4.69) is 0 Å². The number of methoxy groups -OCH3 is 1. The molecule has 23 heavy (non-hydrogen) atoms. The van der Waals surface area contributed by atoms with E-state index in [4.69, 9.17) is 4.74 Å².